The van der Waals surface area contributed by atoms with Gasteiger partial charge in [-0.1, -0.05) is 23.4 Å². The minimum Gasteiger partial charge on any atom is -0.361 e. The summed E-state index contributed by atoms with van der Waals surface area (Å²) in [5.74, 6) is -0.478. The Labute approximate surface area is 211 Å². The number of fused-ring (bicyclic) bond motifs is 1. The summed E-state index contributed by atoms with van der Waals surface area (Å²) in [6, 6.07) is 7.92. The fourth-order valence-corrected chi connectivity index (χ4v) is 4.75. The first-order chi connectivity index (χ1) is 18.0. The number of carbonyl (C=O) groups is 1. The summed E-state index contributed by atoms with van der Waals surface area (Å²) < 4.78 is 80.6. The molecule has 14 heteroatoms. The molecular weight excluding hydrogens is 516 g/mol. The van der Waals surface area contributed by atoms with Gasteiger partial charge in [-0.15, -0.1) is 10.2 Å². The van der Waals surface area contributed by atoms with Crippen molar-refractivity contribution in [1.29, 1.82) is 0 Å². The molecule has 200 valence electrons. The number of benzene rings is 2. The predicted octanol–water partition coefficient (Wildman–Crippen LogP) is 4.29. The van der Waals surface area contributed by atoms with Crippen LogP contribution in [0, 0.1) is 0 Å². The van der Waals surface area contributed by atoms with E-state index in [9.17, 15) is 31.1 Å². The molecule has 5 rings (SSSR count). The van der Waals surface area contributed by atoms with Gasteiger partial charge >= 0.3 is 12.4 Å². The number of nitrogens with zero attached hydrogens (tertiary/aromatic N) is 5. The third kappa shape index (κ3) is 5.35. The van der Waals surface area contributed by atoms with Crippen LogP contribution in [0.25, 0.3) is 10.9 Å². The topological polar surface area (TPSA) is 93.8 Å². The maximum absolute atomic E-state index is 13.5. The van der Waals surface area contributed by atoms with Gasteiger partial charge in [-0.25, -0.2) is 0 Å². The molecule has 1 unspecified atom stereocenters. The van der Waals surface area contributed by atoms with Gasteiger partial charge in [0.15, 0.2) is 5.82 Å². The van der Waals surface area contributed by atoms with Crippen molar-refractivity contribution in [2.24, 2.45) is 0 Å². The van der Waals surface area contributed by atoms with Crippen molar-refractivity contribution in [2.75, 3.05) is 19.6 Å². The van der Waals surface area contributed by atoms with Crippen LogP contribution in [0.15, 0.2) is 48.7 Å². The van der Waals surface area contributed by atoms with E-state index in [2.05, 4.69) is 25.6 Å². The molecule has 1 aliphatic rings. The van der Waals surface area contributed by atoms with Crippen molar-refractivity contribution in [2.45, 2.75) is 31.4 Å². The molecule has 2 aromatic heterocycles. The fourth-order valence-electron chi connectivity index (χ4n) is 4.75. The molecule has 1 saturated heterocycles. The number of aromatic nitrogens is 5. The lowest BCUT2D eigenvalue weighted by Gasteiger charge is -2.41. The zero-order valence-corrected chi connectivity index (χ0v) is 19.6. The zero-order chi connectivity index (χ0) is 27.1. The number of hydrogen-bond donors (Lipinski definition) is 2. The lowest BCUT2D eigenvalue weighted by molar-refractivity contribution is -0.143. The van der Waals surface area contributed by atoms with Crippen LogP contribution in [-0.4, -0.2) is 67.0 Å². The molecule has 2 aromatic carbocycles. The number of nitrogens with one attached hydrogen (secondary N) is 2. The number of hydrogen-bond acceptors (Lipinski definition) is 5. The molecule has 3 heterocycles. The van der Waals surface area contributed by atoms with Crippen LogP contribution in [0.1, 0.15) is 32.9 Å². The number of H-pyrrole nitrogens is 2. The number of para-hydroxylation sites is 1. The summed E-state index contributed by atoms with van der Waals surface area (Å²) in [4.78, 5) is 20.0. The van der Waals surface area contributed by atoms with Crippen molar-refractivity contribution in [3.63, 3.8) is 0 Å². The highest BCUT2D eigenvalue weighted by molar-refractivity contribution is 5.95. The van der Waals surface area contributed by atoms with Gasteiger partial charge in [0.05, 0.1) is 17.7 Å². The van der Waals surface area contributed by atoms with Crippen molar-refractivity contribution >= 4 is 16.8 Å². The number of rotatable bonds is 5. The maximum atomic E-state index is 13.5. The predicted molar refractivity (Wildman–Crippen MR) is 123 cm³/mol. The Morgan fingerprint density at radius 1 is 1.00 bits per heavy atom. The average molecular weight is 537 g/mol. The summed E-state index contributed by atoms with van der Waals surface area (Å²) in [7, 11) is 0. The third-order valence-corrected chi connectivity index (χ3v) is 6.55. The van der Waals surface area contributed by atoms with Gasteiger partial charge in [0.1, 0.15) is 0 Å². The summed E-state index contributed by atoms with van der Waals surface area (Å²) in [5, 5.41) is 14.7. The number of amides is 1. The van der Waals surface area contributed by atoms with Gasteiger partial charge in [0, 0.05) is 48.3 Å². The monoisotopic (exact) mass is 537 g/mol. The molecule has 2 N–H and O–H groups in total. The SMILES string of the molecule is O=C(c1cc(C(F)(F)F)cc(C(F)(F)F)c1)N1CCN(Cc2nn[nH]n2)CC1Cc1c[nH]c2ccccc12. The van der Waals surface area contributed by atoms with Crippen LogP contribution in [0.2, 0.25) is 0 Å². The molecule has 0 spiro atoms. The molecule has 0 aliphatic carbocycles. The van der Waals surface area contributed by atoms with Crippen molar-refractivity contribution in [1.82, 2.24) is 35.4 Å². The molecule has 0 saturated carbocycles. The molecule has 1 aliphatic heterocycles. The van der Waals surface area contributed by atoms with E-state index < -0.39 is 41.0 Å². The first-order valence-electron chi connectivity index (χ1n) is 11.6. The molecular formula is C24H21F6N7O. The van der Waals surface area contributed by atoms with Gasteiger partial charge in [-0.3, -0.25) is 9.69 Å². The Balaban J connectivity index is 1.48. The molecule has 0 radical (unpaired) electrons. The van der Waals surface area contributed by atoms with E-state index in [1.165, 1.54) is 4.90 Å². The summed E-state index contributed by atoms with van der Waals surface area (Å²) in [6.07, 6.45) is -7.99. The molecule has 4 aromatic rings. The minimum absolute atomic E-state index is 0.0169. The van der Waals surface area contributed by atoms with E-state index in [-0.39, 0.29) is 12.6 Å². The Hall–Kier alpha value is -3.94. The van der Waals surface area contributed by atoms with Gasteiger partial charge in [-0.2, -0.15) is 31.6 Å². The molecule has 1 amide bonds. The summed E-state index contributed by atoms with van der Waals surface area (Å²) >= 11 is 0. The molecule has 8 nitrogen and oxygen atoms in total. The fraction of sp³-hybridized carbons (Fsp3) is 0.333. The highest BCUT2D eigenvalue weighted by Crippen LogP contribution is 2.37. The number of alkyl halides is 6. The standard InChI is InChI=1S/C24H21F6N7O/c25-23(26,27)16-7-14(8-17(10-16)24(28,29)30)22(38)37-6-5-36(13-21-32-34-35-33-21)12-18(37)9-15-11-31-20-4-2-1-3-19(15)20/h1-4,7-8,10-11,18,31H,5-6,9,12-13H2,(H,32,33,34,35). The minimum atomic E-state index is -5.05. The van der Waals surface area contributed by atoms with E-state index in [0.717, 1.165) is 16.5 Å². The quantitative estimate of drug-likeness (QED) is 0.371. The average Bonchev–Trinajstić information content (AvgIpc) is 3.53. The van der Waals surface area contributed by atoms with E-state index >= 15 is 0 Å². The normalized spacial score (nSPS) is 17.3. The Bertz CT molecular complexity index is 1400. The summed E-state index contributed by atoms with van der Waals surface area (Å²) in [6.45, 7) is 1.01. The van der Waals surface area contributed by atoms with Crippen molar-refractivity contribution in [3.8, 4) is 0 Å². The number of aromatic amines is 2. The Morgan fingerprint density at radius 3 is 2.37 bits per heavy atom. The third-order valence-electron chi connectivity index (χ3n) is 6.55. The highest BCUT2D eigenvalue weighted by Gasteiger charge is 2.39. The highest BCUT2D eigenvalue weighted by atomic mass is 19.4. The Kier molecular flexibility index (Phi) is 6.59. The number of halogens is 6. The van der Waals surface area contributed by atoms with Crippen LogP contribution in [0.3, 0.4) is 0 Å². The van der Waals surface area contributed by atoms with E-state index in [4.69, 9.17) is 0 Å². The van der Waals surface area contributed by atoms with Crippen LogP contribution in [0.5, 0.6) is 0 Å². The first kappa shape index (κ1) is 25.7. The van der Waals surface area contributed by atoms with Gasteiger partial charge in [0.25, 0.3) is 5.91 Å². The number of tetrazole rings is 1. The lowest BCUT2D eigenvalue weighted by atomic mass is 9.98. The molecule has 1 atom stereocenters. The van der Waals surface area contributed by atoms with Gasteiger partial charge in [0.2, 0.25) is 0 Å². The second kappa shape index (κ2) is 9.74. The van der Waals surface area contributed by atoms with Crippen LogP contribution in [-0.2, 0) is 25.3 Å². The number of piperazine rings is 1. The number of carbonyl (C=O) groups excluding carboxylic acids is 1. The molecule has 0 bridgehead atoms. The zero-order valence-electron chi connectivity index (χ0n) is 19.6. The summed E-state index contributed by atoms with van der Waals surface area (Å²) in [5.41, 5.74) is -1.99. The largest absolute Gasteiger partial charge is 0.416 e. The second-order valence-corrected chi connectivity index (χ2v) is 9.07. The molecule has 1 fully saturated rings. The van der Waals surface area contributed by atoms with E-state index in [1.807, 2.05) is 29.2 Å². The van der Waals surface area contributed by atoms with E-state index in [1.54, 1.807) is 6.20 Å². The van der Waals surface area contributed by atoms with Crippen LogP contribution >= 0.6 is 0 Å². The van der Waals surface area contributed by atoms with Crippen LogP contribution in [0.4, 0.5) is 26.3 Å². The van der Waals surface area contributed by atoms with Crippen molar-refractivity contribution < 1.29 is 31.1 Å². The smallest absolute Gasteiger partial charge is 0.361 e. The maximum Gasteiger partial charge on any atom is 0.416 e. The lowest BCUT2D eigenvalue weighted by Crippen LogP contribution is -2.55. The Morgan fingerprint density at radius 2 is 1.71 bits per heavy atom. The van der Waals surface area contributed by atoms with Gasteiger partial charge in [-0.05, 0) is 36.2 Å². The first-order valence-corrected chi connectivity index (χ1v) is 11.6. The van der Waals surface area contributed by atoms with Crippen molar-refractivity contribution in [3.05, 3.63) is 76.7 Å². The second-order valence-electron chi connectivity index (χ2n) is 9.07. The van der Waals surface area contributed by atoms with Gasteiger partial charge < -0.3 is 9.88 Å². The van der Waals surface area contributed by atoms with Crippen LogP contribution < -0.4 is 0 Å². The van der Waals surface area contributed by atoms with E-state index in [0.29, 0.717) is 44.0 Å². The molecule has 38 heavy (non-hydrogen) atoms.